The van der Waals surface area contributed by atoms with Crippen LogP contribution >= 0.6 is 0 Å². The van der Waals surface area contributed by atoms with E-state index in [0.717, 1.165) is 23.4 Å². The molecule has 0 aliphatic heterocycles. The first-order valence-electron chi connectivity index (χ1n) is 10.1. The highest BCUT2D eigenvalue weighted by Crippen LogP contribution is 2.31. The summed E-state index contributed by atoms with van der Waals surface area (Å²) in [5, 5.41) is 3.00. The first-order valence-corrected chi connectivity index (χ1v) is 10.1. The number of nitrogens with zero attached hydrogens (tertiary/aromatic N) is 3. The number of fused-ring (bicyclic) bond motifs is 2. The zero-order chi connectivity index (χ0) is 21.3. The third kappa shape index (κ3) is 3.43. The minimum atomic E-state index is -0.249. The smallest absolute Gasteiger partial charge is 0.257 e. The average Bonchev–Trinajstić information content (AvgIpc) is 3.03. The number of hydrogen-bond donors (Lipinski definition) is 2. The second-order valence-electron chi connectivity index (χ2n) is 7.19. The van der Waals surface area contributed by atoms with E-state index in [9.17, 15) is 4.79 Å². The molecule has 1 atom stereocenters. The molecule has 0 spiro atoms. The Bertz CT molecular complexity index is 1210. The highest BCUT2D eigenvalue weighted by atomic mass is 16.5. The van der Waals surface area contributed by atoms with Gasteiger partial charge in [0.05, 0.1) is 17.6 Å². The van der Waals surface area contributed by atoms with Crippen molar-refractivity contribution in [2.45, 2.75) is 33.2 Å². The number of aromatic nitrogens is 3. The SMILES string of the molecule is CCOc1ccc(-n2c(N)c(C(=O)N[C@@H](C)CC)c3nc4ccccc4nc32)cc1. The molecule has 3 N–H and O–H groups in total. The topological polar surface area (TPSA) is 95.1 Å². The third-order valence-electron chi connectivity index (χ3n) is 5.12. The van der Waals surface area contributed by atoms with Crippen LogP contribution in [0.15, 0.2) is 48.5 Å². The quantitative estimate of drug-likeness (QED) is 0.506. The van der Waals surface area contributed by atoms with Crippen LogP contribution in [0.5, 0.6) is 5.75 Å². The van der Waals surface area contributed by atoms with Crippen LogP contribution in [-0.4, -0.2) is 33.1 Å². The number of anilines is 1. The number of amides is 1. The molecule has 7 nitrogen and oxygen atoms in total. The van der Waals surface area contributed by atoms with Crippen molar-refractivity contribution in [1.82, 2.24) is 19.9 Å². The summed E-state index contributed by atoms with van der Waals surface area (Å²) >= 11 is 0. The monoisotopic (exact) mass is 403 g/mol. The van der Waals surface area contributed by atoms with Crippen LogP contribution in [0.4, 0.5) is 5.82 Å². The standard InChI is InChI=1S/C23H25N5O2/c1-4-14(3)25-23(29)19-20-22(27-18-9-7-6-8-17(18)26-20)28(21(19)24)15-10-12-16(13-11-15)30-5-2/h6-14H,4-5,24H2,1-3H3,(H,25,29)/t14-/m0/s1. The molecule has 0 unspecified atom stereocenters. The Morgan fingerprint density at radius 1 is 1.10 bits per heavy atom. The molecule has 1 amide bonds. The summed E-state index contributed by atoms with van der Waals surface area (Å²) in [5.41, 5.74) is 10.1. The fourth-order valence-electron chi connectivity index (χ4n) is 3.40. The van der Waals surface area contributed by atoms with E-state index in [1.54, 1.807) is 4.57 Å². The Morgan fingerprint density at radius 3 is 2.40 bits per heavy atom. The van der Waals surface area contributed by atoms with Crippen molar-refractivity contribution in [3.05, 3.63) is 54.1 Å². The van der Waals surface area contributed by atoms with E-state index < -0.39 is 0 Å². The normalized spacial score (nSPS) is 12.2. The van der Waals surface area contributed by atoms with E-state index in [-0.39, 0.29) is 11.9 Å². The lowest BCUT2D eigenvalue weighted by molar-refractivity contribution is 0.0941. The maximum absolute atomic E-state index is 13.1. The summed E-state index contributed by atoms with van der Waals surface area (Å²) in [6, 6.07) is 15.1. The highest BCUT2D eigenvalue weighted by Gasteiger charge is 2.25. The molecular formula is C23H25N5O2. The van der Waals surface area contributed by atoms with Crippen molar-refractivity contribution in [2.24, 2.45) is 0 Å². The highest BCUT2D eigenvalue weighted by molar-refractivity contribution is 6.11. The van der Waals surface area contributed by atoms with Gasteiger partial charge in [-0.3, -0.25) is 9.36 Å². The largest absolute Gasteiger partial charge is 0.494 e. The molecule has 0 radical (unpaired) electrons. The second kappa shape index (κ2) is 8.02. The van der Waals surface area contributed by atoms with E-state index >= 15 is 0 Å². The summed E-state index contributed by atoms with van der Waals surface area (Å²) in [6.45, 7) is 6.51. The van der Waals surface area contributed by atoms with Gasteiger partial charge in [0.25, 0.3) is 5.91 Å². The molecule has 7 heteroatoms. The summed E-state index contributed by atoms with van der Waals surface area (Å²) < 4.78 is 7.31. The first kappa shape index (κ1) is 19.7. The van der Waals surface area contributed by atoms with Crippen molar-refractivity contribution < 1.29 is 9.53 Å². The predicted octanol–water partition coefficient (Wildman–Crippen LogP) is 4.08. The summed E-state index contributed by atoms with van der Waals surface area (Å²) in [5.74, 6) is 0.828. The Labute approximate surface area is 174 Å². The van der Waals surface area contributed by atoms with Crippen LogP contribution in [0.2, 0.25) is 0 Å². The van der Waals surface area contributed by atoms with Crippen LogP contribution in [0.25, 0.3) is 27.9 Å². The minimum Gasteiger partial charge on any atom is -0.494 e. The minimum absolute atomic E-state index is 0.0224. The molecule has 0 saturated heterocycles. The van der Waals surface area contributed by atoms with Gasteiger partial charge >= 0.3 is 0 Å². The van der Waals surface area contributed by atoms with Gasteiger partial charge in [-0.1, -0.05) is 19.1 Å². The lowest BCUT2D eigenvalue weighted by Gasteiger charge is -2.12. The Morgan fingerprint density at radius 2 is 1.77 bits per heavy atom. The van der Waals surface area contributed by atoms with Crippen LogP contribution in [0.3, 0.4) is 0 Å². The van der Waals surface area contributed by atoms with E-state index in [2.05, 4.69) is 5.32 Å². The fraction of sp³-hybridized carbons (Fsp3) is 0.261. The molecule has 30 heavy (non-hydrogen) atoms. The van der Waals surface area contributed by atoms with Crippen molar-refractivity contribution in [3.8, 4) is 11.4 Å². The van der Waals surface area contributed by atoms with Gasteiger partial charge in [0, 0.05) is 11.7 Å². The Balaban J connectivity index is 1.95. The van der Waals surface area contributed by atoms with E-state index in [0.29, 0.717) is 34.7 Å². The number of para-hydroxylation sites is 2. The lowest BCUT2D eigenvalue weighted by atomic mass is 10.2. The van der Waals surface area contributed by atoms with E-state index in [1.165, 1.54) is 0 Å². The molecular weight excluding hydrogens is 378 g/mol. The van der Waals surface area contributed by atoms with Gasteiger partial charge in [0.15, 0.2) is 5.65 Å². The van der Waals surface area contributed by atoms with E-state index in [4.69, 9.17) is 20.4 Å². The van der Waals surface area contributed by atoms with E-state index in [1.807, 2.05) is 69.3 Å². The van der Waals surface area contributed by atoms with Crippen LogP contribution in [0, 0.1) is 0 Å². The Hall–Kier alpha value is -3.61. The molecule has 4 rings (SSSR count). The Kier molecular flexibility index (Phi) is 5.27. The maximum atomic E-state index is 13.1. The first-order chi connectivity index (χ1) is 14.5. The van der Waals surface area contributed by atoms with Crippen molar-refractivity contribution in [3.63, 3.8) is 0 Å². The number of nitrogens with one attached hydrogen (secondary N) is 1. The van der Waals surface area contributed by atoms with Gasteiger partial charge in [-0.15, -0.1) is 0 Å². The van der Waals surface area contributed by atoms with Gasteiger partial charge < -0.3 is 15.8 Å². The number of hydrogen-bond acceptors (Lipinski definition) is 5. The number of rotatable bonds is 6. The van der Waals surface area contributed by atoms with Gasteiger partial charge in [-0.2, -0.15) is 0 Å². The average molecular weight is 403 g/mol. The maximum Gasteiger partial charge on any atom is 0.257 e. The number of carbonyl (C=O) groups excluding carboxylic acids is 1. The molecule has 0 fully saturated rings. The molecule has 0 bridgehead atoms. The van der Waals surface area contributed by atoms with Gasteiger partial charge in [-0.25, -0.2) is 9.97 Å². The molecule has 2 heterocycles. The molecule has 0 aliphatic carbocycles. The van der Waals surface area contributed by atoms with Gasteiger partial charge in [0.2, 0.25) is 0 Å². The molecule has 2 aromatic carbocycles. The number of nitrogens with two attached hydrogens (primary N) is 1. The summed E-state index contributed by atoms with van der Waals surface area (Å²) in [6.07, 6.45) is 0.817. The molecule has 0 aliphatic rings. The number of ether oxygens (including phenoxy) is 1. The summed E-state index contributed by atoms with van der Waals surface area (Å²) in [4.78, 5) is 22.6. The molecule has 0 saturated carbocycles. The molecule has 2 aromatic heterocycles. The zero-order valence-corrected chi connectivity index (χ0v) is 17.3. The predicted molar refractivity (Wildman–Crippen MR) is 119 cm³/mol. The molecule has 4 aromatic rings. The fourth-order valence-corrected chi connectivity index (χ4v) is 3.40. The number of nitrogen functional groups attached to an aromatic ring is 1. The van der Waals surface area contributed by atoms with Gasteiger partial charge in [0.1, 0.15) is 22.6 Å². The van der Waals surface area contributed by atoms with Crippen molar-refractivity contribution in [1.29, 1.82) is 0 Å². The van der Waals surface area contributed by atoms with Crippen LogP contribution in [0.1, 0.15) is 37.6 Å². The summed E-state index contributed by atoms with van der Waals surface area (Å²) in [7, 11) is 0. The zero-order valence-electron chi connectivity index (χ0n) is 17.3. The molecule has 154 valence electrons. The number of carbonyl (C=O) groups is 1. The van der Waals surface area contributed by atoms with Gasteiger partial charge in [-0.05, 0) is 56.7 Å². The van der Waals surface area contributed by atoms with Crippen molar-refractivity contribution >= 4 is 33.9 Å². The van der Waals surface area contributed by atoms with Crippen molar-refractivity contribution in [2.75, 3.05) is 12.3 Å². The van der Waals surface area contributed by atoms with Crippen LogP contribution in [-0.2, 0) is 0 Å². The number of benzene rings is 2. The second-order valence-corrected chi connectivity index (χ2v) is 7.19. The lowest BCUT2D eigenvalue weighted by Crippen LogP contribution is -2.32. The van der Waals surface area contributed by atoms with Crippen LogP contribution < -0.4 is 15.8 Å². The third-order valence-corrected chi connectivity index (χ3v) is 5.12.